The smallest absolute Gasteiger partial charge is 0.226 e. The van der Waals surface area contributed by atoms with Crippen molar-refractivity contribution >= 4 is 5.95 Å². The van der Waals surface area contributed by atoms with Gasteiger partial charge >= 0.3 is 0 Å². The first-order valence-corrected chi connectivity index (χ1v) is 5.61. The van der Waals surface area contributed by atoms with Crippen molar-refractivity contribution in [1.29, 1.82) is 5.26 Å². The summed E-state index contributed by atoms with van der Waals surface area (Å²) in [4.78, 5) is 10.3. The highest BCUT2D eigenvalue weighted by Crippen LogP contribution is 2.08. The Bertz CT molecular complexity index is 411. The van der Waals surface area contributed by atoms with E-state index in [0.717, 1.165) is 5.69 Å². The van der Waals surface area contributed by atoms with Crippen LogP contribution in [-0.4, -0.2) is 36.3 Å². The molecule has 0 saturated heterocycles. The lowest BCUT2D eigenvalue weighted by atomic mass is 10.3. The molecule has 0 amide bonds. The fourth-order valence-corrected chi connectivity index (χ4v) is 1.31. The molecule has 0 bridgehead atoms. The van der Waals surface area contributed by atoms with Crippen LogP contribution in [0.15, 0.2) is 6.07 Å². The molecule has 0 aliphatic carbocycles. The maximum absolute atomic E-state index is 8.83. The zero-order chi connectivity index (χ0) is 12.8. The second kappa shape index (κ2) is 6.16. The van der Waals surface area contributed by atoms with Gasteiger partial charge in [0.2, 0.25) is 5.95 Å². The van der Waals surface area contributed by atoms with Crippen molar-refractivity contribution in [1.82, 2.24) is 9.97 Å². The van der Waals surface area contributed by atoms with Crippen LogP contribution in [0.4, 0.5) is 5.95 Å². The minimum absolute atomic E-state index is 0.219. The molecular formula is C12H18N4O. The lowest BCUT2D eigenvalue weighted by Gasteiger charge is -2.18. The first-order valence-electron chi connectivity index (χ1n) is 5.61. The van der Waals surface area contributed by atoms with E-state index in [9.17, 15) is 0 Å². The van der Waals surface area contributed by atoms with Crippen molar-refractivity contribution in [3.05, 3.63) is 17.5 Å². The van der Waals surface area contributed by atoms with Gasteiger partial charge in [0.15, 0.2) is 0 Å². The molecule has 0 aliphatic rings. The summed E-state index contributed by atoms with van der Waals surface area (Å²) < 4.78 is 5.46. The molecule has 0 spiro atoms. The van der Waals surface area contributed by atoms with Gasteiger partial charge < -0.3 is 9.64 Å². The highest BCUT2D eigenvalue weighted by Gasteiger charge is 2.07. The summed E-state index contributed by atoms with van der Waals surface area (Å²) in [5.41, 5.74) is 1.19. The van der Waals surface area contributed by atoms with E-state index in [4.69, 9.17) is 10.00 Å². The van der Waals surface area contributed by atoms with Crippen molar-refractivity contribution in [3.8, 4) is 6.07 Å². The second-order valence-electron chi connectivity index (χ2n) is 4.15. The molecule has 92 valence electrons. The minimum Gasteiger partial charge on any atom is -0.377 e. The standard InChI is InChI=1S/C12H18N4O/c1-9(2)17-6-5-16(4)12-14-10(3)7-11(8-13)15-12/h7,9H,5-6H2,1-4H3. The van der Waals surface area contributed by atoms with Crippen molar-refractivity contribution in [3.63, 3.8) is 0 Å². The fraction of sp³-hybridized carbons (Fsp3) is 0.583. The van der Waals surface area contributed by atoms with Crippen LogP contribution in [-0.2, 0) is 4.74 Å². The number of hydrogen-bond donors (Lipinski definition) is 0. The topological polar surface area (TPSA) is 62.0 Å². The average molecular weight is 234 g/mol. The number of nitriles is 1. The Labute approximate surface area is 102 Å². The van der Waals surface area contributed by atoms with Crippen LogP contribution in [0, 0.1) is 18.3 Å². The van der Waals surface area contributed by atoms with Crippen LogP contribution in [0.3, 0.4) is 0 Å². The Morgan fingerprint density at radius 2 is 2.18 bits per heavy atom. The number of likely N-dealkylation sites (N-methyl/N-ethyl adjacent to an activating group) is 1. The number of hydrogen-bond acceptors (Lipinski definition) is 5. The summed E-state index contributed by atoms with van der Waals surface area (Å²) in [6, 6.07) is 3.70. The largest absolute Gasteiger partial charge is 0.377 e. The number of nitrogens with zero attached hydrogens (tertiary/aromatic N) is 4. The zero-order valence-electron chi connectivity index (χ0n) is 10.8. The van der Waals surface area contributed by atoms with E-state index >= 15 is 0 Å². The third kappa shape index (κ3) is 4.37. The molecule has 0 atom stereocenters. The van der Waals surface area contributed by atoms with E-state index in [1.54, 1.807) is 6.07 Å². The van der Waals surface area contributed by atoms with Gasteiger partial charge in [-0.3, -0.25) is 0 Å². The quantitative estimate of drug-likeness (QED) is 0.773. The monoisotopic (exact) mass is 234 g/mol. The molecule has 1 aromatic heterocycles. The predicted octanol–water partition coefficient (Wildman–Crippen LogP) is 1.52. The van der Waals surface area contributed by atoms with Crippen LogP contribution in [0.25, 0.3) is 0 Å². The van der Waals surface area contributed by atoms with Crippen LogP contribution < -0.4 is 4.90 Å². The van der Waals surface area contributed by atoms with Gasteiger partial charge in [-0.05, 0) is 26.8 Å². The Morgan fingerprint density at radius 1 is 1.47 bits per heavy atom. The summed E-state index contributed by atoms with van der Waals surface area (Å²) in [6.07, 6.45) is 0.219. The van der Waals surface area contributed by atoms with Crippen LogP contribution in [0.2, 0.25) is 0 Å². The van der Waals surface area contributed by atoms with Gasteiger partial charge in [0, 0.05) is 19.3 Å². The number of aromatic nitrogens is 2. The summed E-state index contributed by atoms with van der Waals surface area (Å²) >= 11 is 0. The van der Waals surface area contributed by atoms with Gasteiger partial charge in [-0.25, -0.2) is 9.97 Å². The van der Waals surface area contributed by atoms with E-state index in [1.807, 2.05) is 38.8 Å². The molecule has 0 aromatic carbocycles. The average Bonchev–Trinajstić information content (AvgIpc) is 2.27. The van der Waals surface area contributed by atoms with Crippen LogP contribution in [0.1, 0.15) is 25.2 Å². The van der Waals surface area contributed by atoms with Crippen molar-refractivity contribution < 1.29 is 4.74 Å². The predicted molar refractivity (Wildman–Crippen MR) is 65.8 cm³/mol. The van der Waals surface area contributed by atoms with Gasteiger partial charge in [-0.15, -0.1) is 0 Å². The Hall–Kier alpha value is -1.67. The van der Waals surface area contributed by atoms with E-state index in [-0.39, 0.29) is 6.10 Å². The Kier molecular flexibility index (Phi) is 4.85. The minimum atomic E-state index is 0.219. The SMILES string of the molecule is Cc1cc(C#N)nc(N(C)CCOC(C)C)n1. The van der Waals surface area contributed by atoms with Gasteiger partial charge in [-0.2, -0.15) is 5.26 Å². The molecule has 0 saturated carbocycles. The van der Waals surface area contributed by atoms with E-state index in [2.05, 4.69) is 9.97 Å². The summed E-state index contributed by atoms with van der Waals surface area (Å²) in [5.74, 6) is 0.564. The number of ether oxygens (including phenoxy) is 1. The van der Waals surface area contributed by atoms with Gasteiger partial charge in [0.1, 0.15) is 11.8 Å². The summed E-state index contributed by atoms with van der Waals surface area (Å²) in [5, 5.41) is 8.83. The van der Waals surface area contributed by atoms with Gasteiger partial charge in [0.05, 0.1) is 12.7 Å². The van der Waals surface area contributed by atoms with Crippen LogP contribution >= 0.6 is 0 Å². The van der Waals surface area contributed by atoms with Crippen molar-refractivity contribution in [2.45, 2.75) is 26.9 Å². The normalized spacial score (nSPS) is 10.4. The number of rotatable bonds is 5. The molecular weight excluding hydrogens is 216 g/mol. The number of aryl methyl sites for hydroxylation is 1. The number of anilines is 1. The van der Waals surface area contributed by atoms with Crippen LogP contribution in [0.5, 0.6) is 0 Å². The maximum Gasteiger partial charge on any atom is 0.226 e. The molecule has 1 heterocycles. The molecule has 0 aliphatic heterocycles. The molecule has 17 heavy (non-hydrogen) atoms. The zero-order valence-corrected chi connectivity index (χ0v) is 10.8. The van der Waals surface area contributed by atoms with Crippen molar-refractivity contribution in [2.24, 2.45) is 0 Å². The lowest BCUT2D eigenvalue weighted by Crippen LogP contribution is -2.26. The molecule has 0 N–H and O–H groups in total. The first-order chi connectivity index (χ1) is 8.02. The first kappa shape index (κ1) is 13.4. The van der Waals surface area contributed by atoms with E-state index < -0.39 is 0 Å². The highest BCUT2D eigenvalue weighted by atomic mass is 16.5. The maximum atomic E-state index is 8.83. The van der Waals surface area contributed by atoms with Gasteiger partial charge in [0.25, 0.3) is 0 Å². The molecule has 0 radical (unpaired) electrons. The molecule has 0 fully saturated rings. The summed E-state index contributed by atoms with van der Waals surface area (Å²) in [6.45, 7) is 7.16. The van der Waals surface area contributed by atoms with E-state index in [1.165, 1.54) is 0 Å². The Morgan fingerprint density at radius 3 is 2.76 bits per heavy atom. The Balaban J connectivity index is 2.65. The van der Waals surface area contributed by atoms with Gasteiger partial charge in [-0.1, -0.05) is 0 Å². The molecule has 5 nitrogen and oxygen atoms in total. The highest BCUT2D eigenvalue weighted by molar-refractivity contribution is 5.34. The van der Waals surface area contributed by atoms with Crippen molar-refractivity contribution in [2.75, 3.05) is 25.1 Å². The molecule has 1 rings (SSSR count). The summed E-state index contributed by atoms with van der Waals surface area (Å²) in [7, 11) is 1.89. The van der Waals surface area contributed by atoms with E-state index in [0.29, 0.717) is 24.8 Å². The fourth-order valence-electron chi connectivity index (χ4n) is 1.31. The molecule has 5 heteroatoms. The lowest BCUT2D eigenvalue weighted by molar-refractivity contribution is 0.0844. The third-order valence-electron chi connectivity index (χ3n) is 2.18. The third-order valence-corrected chi connectivity index (χ3v) is 2.18. The second-order valence-corrected chi connectivity index (χ2v) is 4.15. The molecule has 1 aromatic rings. The molecule has 0 unspecified atom stereocenters.